The molecule has 1 atom stereocenters. The van der Waals surface area contributed by atoms with E-state index in [1.165, 1.54) is 12.2 Å². The Morgan fingerprint density at radius 2 is 1.69 bits per heavy atom. The predicted octanol–water partition coefficient (Wildman–Crippen LogP) is 2.84. The Hall–Kier alpha value is -1.24. The molecule has 0 aliphatic carbocycles. The number of hydrogen-bond donors (Lipinski definition) is 0. The fraction of sp³-hybridized carbons (Fsp3) is 0.833. The molecule has 4 heteroatoms. The summed E-state index contributed by atoms with van der Waals surface area (Å²) in [5.74, 6) is 0.326. The smallest absolute Gasteiger partial charge is 0.211 e. The molecule has 0 saturated heterocycles. The Morgan fingerprint density at radius 3 is 2.06 bits per heavy atom. The maximum Gasteiger partial charge on any atom is 0.237 e. The van der Waals surface area contributed by atoms with E-state index in [4.69, 9.17) is 0 Å². The molecule has 0 aromatic carbocycles. The number of hydrogen-bond acceptors (Lipinski definition) is 4. The van der Waals surface area contributed by atoms with Crippen LogP contribution in [-0.4, -0.2) is 18.3 Å². The summed E-state index contributed by atoms with van der Waals surface area (Å²) in [4.78, 5) is 27.7. The Morgan fingerprint density at radius 1 is 1.19 bits per heavy atom. The second-order valence-corrected chi connectivity index (χ2v) is 4.68. The van der Waals surface area contributed by atoms with Gasteiger partial charge in [-0.2, -0.15) is 9.98 Å². The van der Waals surface area contributed by atoms with Gasteiger partial charge in [0.05, 0.1) is 0 Å². The highest BCUT2D eigenvalue weighted by atomic mass is 16.1. The molecule has 1 unspecified atom stereocenters. The van der Waals surface area contributed by atoms with Crippen LogP contribution in [0.2, 0.25) is 0 Å². The third kappa shape index (κ3) is 4.09. The van der Waals surface area contributed by atoms with Gasteiger partial charge in [-0.15, -0.1) is 0 Å². The Labute approximate surface area is 96.9 Å². The molecule has 0 saturated carbocycles. The molecular weight excluding hydrogens is 204 g/mol. The number of carbonyl (C=O) groups excluding carboxylic acids is 2. The Balaban J connectivity index is 4.81. The number of aliphatic imine (C=N–C) groups is 2. The van der Waals surface area contributed by atoms with E-state index in [1.807, 2.05) is 13.8 Å². The van der Waals surface area contributed by atoms with Crippen molar-refractivity contribution in [2.24, 2.45) is 21.3 Å². The van der Waals surface area contributed by atoms with Crippen molar-refractivity contribution in [3.05, 3.63) is 0 Å². The largest absolute Gasteiger partial charge is 0.237 e. The van der Waals surface area contributed by atoms with E-state index in [0.29, 0.717) is 5.92 Å². The van der Waals surface area contributed by atoms with Crippen molar-refractivity contribution < 1.29 is 9.59 Å². The molecular formula is C12H20N2O2. The predicted molar refractivity (Wildman–Crippen MR) is 62.5 cm³/mol. The minimum atomic E-state index is -0.672. The minimum absolute atomic E-state index is 0.326. The van der Waals surface area contributed by atoms with Crippen LogP contribution in [0, 0.1) is 11.3 Å². The third-order valence-electron chi connectivity index (χ3n) is 3.28. The molecule has 90 valence electrons. The second-order valence-electron chi connectivity index (χ2n) is 4.68. The van der Waals surface area contributed by atoms with Crippen LogP contribution in [0.3, 0.4) is 0 Å². The lowest BCUT2D eigenvalue weighted by Gasteiger charge is -2.33. The van der Waals surface area contributed by atoms with Crippen LogP contribution in [0.4, 0.5) is 0 Å². The van der Waals surface area contributed by atoms with E-state index in [-0.39, 0.29) is 5.41 Å². The first-order valence-electron chi connectivity index (χ1n) is 5.64. The summed E-state index contributed by atoms with van der Waals surface area (Å²) in [7, 11) is 0. The summed E-state index contributed by atoms with van der Waals surface area (Å²) in [6.07, 6.45) is 5.54. The zero-order chi connectivity index (χ0) is 12.6. The molecule has 16 heavy (non-hydrogen) atoms. The van der Waals surface area contributed by atoms with E-state index in [9.17, 15) is 9.59 Å². The maximum atomic E-state index is 10.3. The van der Waals surface area contributed by atoms with Crippen LogP contribution in [0.15, 0.2) is 9.98 Å². The van der Waals surface area contributed by atoms with Crippen LogP contribution in [0.1, 0.15) is 47.0 Å². The van der Waals surface area contributed by atoms with Crippen LogP contribution in [-0.2, 0) is 9.59 Å². The van der Waals surface area contributed by atoms with Gasteiger partial charge in [0.1, 0.15) is 0 Å². The van der Waals surface area contributed by atoms with Crippen molar-refractivity contribution in [2.75, 3.05) is 0 Å². The molecule has 0 radical (unpaired) electrons. The van der Waals surface area contributed by atoms with Crippen molar-refractivity contribution in [3.8, 4) is 0 Å². The normalized spacial score (nSPS) is 14.5. The molecule has 0 aliphatic heterocycles. The molecule has 0 aliphatic rings. The number of isocyanates is 2. The monoisotopic (exact) mass is 224 g/mol. The molecule has 4 nitrogen and oxygen atoms in total. The number of rotatable bonds is 7. The molecule has 0 N–H and O–H groups in total. The fourth-order valence-electron chi connectivity index (χ4n) is 1.60. The summed E-state index contributed by atoms with van der Waals surface area (Å²) in [5, 5.41) is 0. The van der Waals surface area contributed by atoms with E-state index < -0.39 is 6.17 Å². The summed E-state index contributed by atoms with van der Waals surface area (Å²) < 4.78 is 0. The first kappa shape index (κ1) is 14.8. The minimum Gasteiger partial charge on any atom is -0.211 e. The van der Waals surface area contributed by atoms with Crippen molar-refractivity contribution in [3.63, 3.8) is 0 Å². The number of unbranched alkanes of at least 4 members (excludes halogenated alkanes) is 1. The van der Waals surface area contributed by atoms with Crippen molar-refractivity contribution in [2.45, 2.75) is 53.1 Å². The van der Waals surface area contributed by atoms with Crippen molar-refractivity contribution in [1.29, 1.82) is 0 Å². The fourth-order valence-corrected chi connectivity index (χ4v) is 1.60. The number of nitrogens with zero attached hydrogens (tertiary/aromatic N) is 2. The molecule has 0 aromatic rings. The van der Waals surface area contributed by atoms with Crippen molar-refractivity contribution in [1.82, 2.24) is 0 Å². The highest BCUT2D eigenvalue weighted by Crippen LogP contribution is 2.36. The Kier molecular flexibility index (Phi) is 6.55. The summed E-state index contributed by atoms with van der Waals surface area (Å²) >= 11 is 0. The lowest BCUT2D eigenvalue weighted by atomic mass is 9.75. The SMILES string of the molecule is CCCCC(C)C(C)(C)C(N=C=O)N=C=O. The van der Waals surface area contributed by atoms with E-state index in [1.54, 1.807) is 0 Å². The van der Waals surface area contributed by atoms with Gasteiger partial charge in [-0.05, 0) is 5.92 Å². The molecule has 0 heterocycles. The van der Waals surface area contributed by atoms with E-state index in [2.05, 4.69) is 23.8 Å². The van der Waals surface area contributed by atoms with E-state index >= 15 is 0 Å². The summed E-state index contributed by atoms with van der Waals surface area (Å²) in [6, 6.07) is 0. The van der Waals surface area contributed by atoms with Gasteiger partial charge in [0, 0.05) is 5.41 Å². The molecule has 0 spiro atoms. The second kappa shape index (κ2) is 7.10. The summed E-state index contributed by atoms with van der Waals surface area (Å²) in [5.41, 5.74) is -0.329. The van der Waals surface area contributed by atoms with Gasteiger partial charge in [0.2, 0.25) is 12.2 Å². The van der Waals surface area contributed by atoms with Gasteiger partial charge in [0.25, 0.3) is 0 Å². The van der Waals surface area contributed by atoms with Crippen LogP contribution >= 0.6 is 0 Å². The first-order chi connectivity index (χ1) is 7.50. The topological polar surface area (TPSA) is 58.9 Å². The van der Waals surface area contributed by atoms with Gasteiger partial charge >= 0.3 is 0 Å². The highest BCUT2D eigenvalue weighted by Gasteiger charge is 2.34. The molecule has 0 aromatic heterocycles. The zero-order valence-electron chi connectivity index (χ0n) is 10.5. The molecule has 0 fully saturated rings. The van der Waals surface area contributed by atoms with Gasteiger partial charge in [-0.1, -0.05) is 47.0 Å². The average molecular weight is 224 g/mol. The molecule has 0 amide bonds. The molecule has 0 bridgehead atoms. The van der Waals surface area contributed by atoms with Gasteiger partial charge in [0.15, 0.2) is 6.17 Å². The van der Waals surface area contributed by atoms with Crippen LogP contribution in [0.25, 0.3) is 0 Å². The highest BCUT2D eigenvalue weighted by molar-refractivity contribution is 5.37. The van der Waals surface area contributed by atoms with Crippen LogP contribution < -0.4 is 0 Å². The standard InChI is InChI=1S/C12H20N2O2/c1-5-6-7-10(2)12(3,4)11(13-8-15)14-9-16/h10-11H,5-7H2,1-4H3. The lowest BCUT2D eigenvalue weighted by Crippen LogP contribution is -2.33. The molecule has 0 rings (SSSR count). The first-order valence-corrected chi connectivity index (χ1v) is 5.64. The van der Waals surface area contributed by atoms with Gasteiger partial charge in [-0.3, -0.25) is 0 Å². The third-order valence-corrected chi connectivity index (χ3v) is 3.28. The van der Waals surface area contributed by atoms with E-state index in [0.717, 1.165) is 19.3 Å². The zero-order valence-corrected chi connectivity index (χ0v) is 10.5. The summed E-state index contributed by atoms with van der Waals surface area (Å²) in [6.45, 7) is 8.13. The maximum absolute atomic E-state index is 10.3. The average Bonchev–Trinajstić information content (AvgIpc) is 2.25. The lowest BCUT2D eigenvalue weighted by molar-refractivity contribution is 0.172. The van der Waals surface area contributed by atoms with Crippen molar-refractivity contribution >= 4 is 12.2 Å². The Bertz CT molecular complexity index is 282. The van der Waals surface area contributed by atoms with Gasteiger partial charge in [-0.25, -0.2) is 9.59 Å². The van der Waals surface area contributed by atoms with Gasteiger partial charge < -0.3 is 0 Å². The quantitative estimate of drug-likeness (QED) is 0.493. The van der Waals surface area contributed by atoms with Crippen LogP contribution in [0.5, 0.6) is 0 Å².